The van der Waals surface area contributed by atoms with Crippen LogP contribution < -0.4 is 5.32 Å². The first-order valence-electron chi connectivity index (χ1n) is 5.80. The van der Waals surface area contributed by atoms with Crippen molar-refractivity contribution in [2.24, 2.45) is 0 Å². The number of aromatic nitrogens is 2. The van der Waals surface area contributed by atoms with Crippen molar-refractivity contribution in [2.45, 2.75) is 18.8 Å². The summed E-state index contributed by atoms with van der Waals surface area (Å²) in [4.78, 5) is 9.19. The Bertz CT molecular complexity index is 621. The minimum Gasteiger partial charge on any atom is -0.445 e. The average Bonchev–Trinajstić information content (AvgIpc) is 3.17. The van der Waals surface area contributed by atoms with Gasteiger partial charge in [0.1, 0.15) is 5.82 Å². The molecule has 1 N–H and O–H groups in total. The average molecular weight is 499 g/mol. The van der Waals surface area contributed by atoms with Gasteiger partial charge in [-0.25, -0.2) is 9.97 Å². The lowest BCUT2D eigenvalue weighted by Gasteiger charge is -2.09. The topological polar surface area (TPSA) is 51.0 Å². The Balaban J connectivity index is 2.12. The zero-order chi connectivity index (χ0) is 13.6. The molecule has 0 saturated heterocycles. The molecule has 0 bridgehead atoms. The van der Waals surface area contributed by atoms with Gasteiger partial charge in [0, 0.05) is 19.0 Å². The second kappa shape index (κ2) is 5.33. The summed E-state index contributed by atoms with van der Waals surface area (Å²) >= 11 is 9.05. The largest absolute Gasteiger partial charge is 0.445 e. The van der Waals surface area contributed by atoms with Crippen molar-refractivity contribution in [2.75, 3.05) is 12.4 Å². The highest BCUT2D eigenvalue weighted by Gasteiger charge is 2.30. The molecular formula is C12H10Br2IN3O. The number of hydrogen-bond acceptors (Lipinski definition) is 4. The van der Waals surface area contributed by atoms with Crippen molar-refractivity contribution in [3.63, 3.8) is 0 Å². The smallest absolute Gasteiger partial charge is 0.198 e. The summed E-state index contributed by atoms with van der Waals surface area (Å²) in [5.41, 5.74) is 1.12. The summed E-state index contributed by atoms with van der Waals surface area (Å²) in [6.45, 7) is 0. The fourth-order valence-electron chi connectivity index (χ4n) is 1.82. The molecule has 0 amide bonds. The molecule has 1 fully saturated rings. The summed E-state index contributed by atoms with van der Waals surface area (Å²) in [5, 5.41) is 3.13. The van der Waals surface area contributed by atoms with Gasteiger partial charge in [-0.05, 0) is 67.3 Å². The SMILES string of the molecule is CNc1nc(-c2cc(Br)c(Br)o2)nc(C2CC2)c1I. The summed E-state index contributed by atoms with van der Waals surface area (Å²) in [6.07, 6.45) is 2.42. The fraction of sp³-hybridized carbons (Fsp3) is 0.333. The molecule has 1 saturated carbocycles. The minimum atomic E-state index is 0.572. The Kier molecular flexibility index (Phi) is 3.87. The normalized spacial score (nSPS) is 14.7. The van der Waals surface area contributed by atoms with E-state index in [0.29, 0.717) is 22.2 Å². The zero-order valence-corrected chi connectivity index (χ0v) is 15.3. The third-order valence-corrected chi connectivity index (χ3v) is 5.72. The maximum Gasteiger partial charge on any atom is 0.198 e. The fourth-order valence-corrected chi connectivity index (χ4v) is 3.35. The van der Waals surface area contributed by atoms with Gasteiger partial charge in [0.25, 0.3) is 0 Å². The molecule has 2 aromatic heterocycles. The number of anilines is 1. The first-order chi connectivity index (χ1) is 9.10. The van der Waals surface area contributed by atoms with Crippen LogP contribution in [-0.4, -0.2) is 17.0 Å². The second-order valence-electron chi connectivity index (χ2n) is 4.35. The van der Waals surface area contributed by atoms with Crippen LogP contribution in [0.25, 0.3) is 11.6 Å². The number of halogens is 3. The van der Waals surface area contributed by atoms with Gasteiger partial charge >= 0.3 is 0 Å². The molecule has 1 aliphatic rings. The number of rotatable bonds is 3. The zero-order valence-electron chi connectivity index (χ0n) is 10.0. The van der Waals surface area contributed by atoms with Crippen LogP contribution in [0.15, 0.2) is 19.6 Å². The molecule has 100 valence electrons. The first-order valence-corrected chi connectivity index (χ1v) is 8.47. The van der Waals surface area contributed by atoms with E-state index in [-0.39, 0.29) is 0 Å². The third kappa shape index (κ3) is 2.69. The summed E-state index contributed by atoms with van der Waals surface area (Å²) < 4.78 is 8.24. The predicted molar refractivity (Wildman–Crippen MR) is 89.4 cm³/mol. The van der Waals surface area contributed by atoms with E-state index in [0.717, 1.165) is 19.6 Å². The summed E-state index contributed by atoms with van der Waals surface area (Å²) in [5.74, 6) is 2.71. The lowest BCUT2D eigenvalue weighted by atomic mass is 10.2. The number of hydrogen-bond donors (Lipinski definition) is 1. The van der Waals surface area contributed by atoms with Crippen molar-refractivity contribution >= 4 is 60.3 Å². The highest BCUT2D eigenvalue weighted by atomic mass is 127. The van der Waals surface area contributed by atoms with Crippen LogP contribution in [0, 0.1) is 3.57 Å². The van der Waals surface area contributed by atoms with Crippen molar-refractivity contribution in [3.05, 3.63) is 24.5 Å². The lowest BCUT2D eigenvalue weighted by Crippen LogP contribution is -2.04. The lowest BCUT2D eigenvalue weighted by molar-refractivity contribution is 0.549. The van der Waals surface area contributed by atoms with Gasteiger partial charge in [-0.1, -0.05) is 0 Å². The second-order valence-corrected chi connectivity index (χ2v) is 7.00. The van der Waals surface area contributed by atoms with Crippen LogP contribution in [0.4, 0.5) is 5.82 Å². The van der Waals surface area contributed by atoms with Crippen LogP contribution in [0.3, 0.4) is 0 Å². The molecule has 0 aromatic carbocycles. The molecule has 0 unspecified atom stereocenters. The van der Waals surface area contributed by atoms with Gasteiger partial charge in [-0.15, -0.1) is 0 Å². The van der Waals surface area contributed by atoms with Crippen molar-refractivity contribution in [1.82, 2.24) is 9.97 Å². The van der Waals surface area contributed by atoms with Crippen molar-refractivity contribution in [3.8, 4) is 11.6 Å². The van der Waals surface area contributed by atoms with E-state index in [4.69, 9.17) is 4.42 Å². The molecule has 2 aromatic rings. The quantitative estimate of drug-likeness (QED) is 0.619. The molecule has 3 rings (SSSR count). The van der Waals surface area contributed by atoms with Crippen LogP contribution in [0.2, 0.25) is 0 Å². The van der Waals surface area contributed by atoms with E-state index in [1.165, 1.54) is 12.8 Å². The van der Waals surface area contributed by atoms with E-state index in [1.807, 2.05) is 13.1 Å². The Morgan fingerprint density at radius 2 is 2.11 bits per heavy atom. The monoisotopic (exact) mass is 497 g/mol. The Morgan fingerprint density at radius 1 is 1.37 bits per heavy atom. The van der Waals surface area contributed by atoms with E-state index in [9.17, 15) is 0 Å². The molecule has 4 nitrogen and oxygen atoms in total. The van der Waals surface area contributed by atoms with E-state index in [2.05, 4.69) is 69.7 Å². The van der Waals surface area contributed by atoms with Gasteiger partial charge in [0.05, 0.1) is 13.7 Å². The molecule has 0 spiro atoms. The molecule has 7 heteroatoms. The Morgan fingerprint density at radius 3 is 2.63 bits per heavy atom. The molecule has 0 atom stereocenters. The molecule has 0 aliphatic heterocycles. The first kappa shape index (κ1) is 13.8. The minimum absolute atomic E-state index is 0.572. The van der Waals surface area contributed by atoms with Gasteiger partial charge in [-0.2, -0.15) is 0 Å². The number of furan rings is 1. The van der Waals surface area contributed by atoms with Crippen molar-refractivity contribution in [1.29, 1.82) is 0 Å². The molecule has 0 radical (unpaired) electrons. The van der Waals surface area contributed by atoms with E-state index < -0.39 is 0 Å². The molecule has 2 heterocycles. The maximum absolute atomic E-state index is 5.61. The third-order valence-electron chi connectivity index (χ3n) is 2.94. The number of nitrogens with one attached hydrogen (secondary N) is 1. The van der Waals surface area contributed by atoms with Crippen LogP contribution in [0.5, 0.6) is 0 Å². The summed E-state index contributed by atoms with van der Waals surface area (Å²) in [6, 6.07) is 1.88. The van der Waals surface area contributed by atoms with Gasteiger partial charge in [-0.3, -0.25) is 0 Å². The molecule has 1 aliphatic carbocycles. The predicted octanol–water partition coefficient (Wildman–Crippen LogP) is 4.79. The molecule has 19 heavy (non-hydrogen) atoms. The van der Waals surface area contributed by atoms with Crippen LogP contribution in [-0.2, 0) is 0 Å². The van der Waals surface area contributed by atoms with E-state index in [1.54, 1.807) is 0 Å². The number of nitrogens with zero attached hydrogens (tertiary/aromatic N) is 2. The highest BCUT2D eigenvalue weighted by molar-refractivity contribution is 14.1. The van der Waals surface area contributed by atoms with Gasteiger partial charge in [0.15, 0.2) is 16.3 Å². The maximum atomic E-state index is 5.61. The Labute approximate surface area is 141 Å². The van der Waals surface area contributed by atoms with Crippen molar-refractivity contribution < 1.29 is 4.42 Å². The van der Waals surface area contributed by atoms with Crippen LogP contribution in [0.1, 0.15) is 24.5 Å². The van der Waals surface area contributed by atoms with E-state index >= 15 is 0 Å². The Hall–Kier alpha value is -0.150. The van der Waals surface area contributed by atoms with Gasteiger partial charge < -0.3 is 9.73 Å². The standard InChI is InChI=1S/C12H10Br2IN3O/c1-16-12-8(15)9(5-2-3-5)17-11(18-12)7-4-6(13)10(14)19-7/h4-5H,2-3H2,1H3,(H,16,17,18). The van der Waals surface area contributed by atoms with Crippen LogP contribution >= 0.6 is 54.5 Å². The molecular weight excluding hydrogens is 489 g/mol. The van der Waals surface area contributed by atoms with Gasteiger partial charge in [0.2, 0.25) is 0 Å². The summed E-state index contributed by atoms with van der Waals surface area (Å²) in [7, 11) is 1.87. The highest BCUT2D eigenvalue weighted by Crippen LogP contribution is 2.43.